The van der Waals surface area contributed by atoms with Gasteiger partial charge in [0.15, 0.2) is 0 Å². The van der Waals surface area contributed by atoms with Crippen molar-refractivity contribution < 1.29 is 4.74 Å². The molecule has 0 saturated carbocycles. The van der Waals surface area contributed by atoms with Gasteiger partial charge in [-0.25, -0.2) is 0 Å². The van der Waals surface area contributed by atoms with Crippen molar-refractivity contribution in [1.82, 2.24) is 0 Å². The average Bonchev–Trinajstić information content (AvgIpc) is 2.50. The van der Waals surface area contributed by atoms with Crippen molar-refractivity contribution in [2.75, 3.05) is 17.7 Å². The maximum atomic E-state index is 9.44. The van der Waals surface area contributed by atoms with Crippen molar-refractivity contribution in [2.24, 2.45) is 0 Å². The summed E-state index contributed by atoms with van der Waals surface area (Å²) in [7, 11) is 0. The minimum Gasteiger partial charge on any atom is -0.492 e. The molecule has 0 saturated heterocycles. The molecule has 0 aliphatic heterocycles. The lowest BCUT2D eigenvalue weighted by molar-refractivity contribution is 0.342. The molecular formula is C17H18N2OS. The Morgan fingerprint density at radius 2 is 1.86 bits per heavy atom. The van der Waals surface area contributed by atoms with Gasteiger partial charge in [0.05, 0.1) is 23.5 Å². The van der Waals surface area contributed by atoms with E-state index in [0.29, 0.717) is 12.2 Å². The Morgan fingerprint density at radius 1 is 1.10 bits per heavy atom. The first-order valence-corrected chi connectivity index (χ1v) is 7.93. The summed E-state index contributed by atoms with van der Waals surface area (Å²) in [5.41, 5.74) is 2.35. The molecule has 0 aliphatic carbocycles. The summed E-state index contributed by atoms with van der Waals surface area (Å²) >= 11 is 1.67. The number of nitrogens with one attached hydrogen (secondary N) is 1. The lowest BCUT2D eigenvalue weighted by atomic mass is 10.2. The minimum atomic E-state index is 0.607. The summed E-state index contributed by atoms with van der Waals surface area (Å²) < 4.78 is 5.61. The molecule has 0 heterocycles. The number of benzene rings is 2. The lowest BCUT2D eigenvalue weighted by Gasteiger charge is -2.14. The van der Waals surface area contributed by atoms with Gasteiger partial charge >= 0.3 is 0 Å². The number of rotatable bonds is 6. The van der Waals surface area contributed by atoms with Crippen molar-refractivity contribution in [2.45, 2.75) is 18.7 Å². The van der Waals surface area contributed by atoms with Crippen LogP contribution in [0.15, 0.2) is 47.4 Å². The fourth-order valence-corrected chi connectivity index (χ4v) is 2.81. The van der Waals surface area contributed by atoms with E-state index in [9.17, 15) is 5.26 Å². The van der Waals surface area contributed by atoms with Crippen LogP contribution in [0.1, 0.15) is 19.4 Å². The van der Waals surface area contributed by atoms with E-state index in [2.05, 4.69) is 18.3 Å². The number of ether oxygens (including phenoxy) is 1. The molecule has 2 aromatic rings. The van der Waals surface area contributed by atoms with E-state index in [1.165, 1.54) is 0 Å². The highest BCUT2D eigenvalue weighted by Gasteiger charge is 2.10. The molecule has 0 spiro atoms. The van der Waals surface area contributed by atoms with E-state index in [-0.39, 0.29) is 0 Å². The van der Waals surface area contributed by atoms with Crippen molar-refractivity contribution in [3.63, 3.8) is 0 Å². The lowest BCUT2D eigenvalue weighted by Crippen LogP contribution is -1.99. The molecule has 4 heteroatoms. The van der Waals surface area contributed by atoms with E-state index >= 15 is 0 Å². The maximum Gasteiger partial charge on any atom is 0.142 e. The molecule has 0 atom stereocenters. The van der Waals surface area contributed by atoms with E-state index in [4.69, 9.17) is 4.74 Å². The predicted molar refractivity (Wildman–Crippen MR) is 88.4 cm³/mol. The smallest absolute Gasteiger partial charge is 0.142 e. The number of nitrogens with zero attached hydrogens (tertiary/aromatic N) is 1. The number of thioether (sulfide) groups is 1. The topological polar surface area (TPSA) is 45.0 Å². The van der Waals surface area contributed by atoms with Crippen molar-refractivity contribution in [3.8, 4) is 11.8 Å². The summed E-state index contributed by atoms with van der Waals surface area (Å²) in [6.45, 7) is 4.64. The Balaban J connectivity index is 2.36. The van der Waals surface area contributed by atoms with Gasteiger partial charge in [0.25, 0.3) is 0 Å². The van der Waals surface area contributed by atoms with Gasteiger partial charge in [-0.05, 0) is 36.9 Å². The Morgan fingerprint density at radius 3 is 2.57 bits per heavy atom. The van der Waals surface area contributed by atoms with Crippen LogP contribution in [-0.4, -0.2) is 12.4 Å². The highest BCUT2D eigenvalue weighted by atomic mass is 32.2. The molecule has 108 valence electrons. The normalized spacial score (nSPS) is 9.95. The number of hydrogen-bond acceptors (Lipinski definition) is 4. The van der Waals surface area contributed by atoms with Gasteiger partial charge in [-0.2, -0.15) is 5.26 Å². The Labute approximate surface area is 129 Å². The zero-order valence-electron chi connectivity index (χ0n) is 12.2. The standard InChI is InChI=1S/C17H18N2OS/c1-3-20-16-10-6-5-8-15(16)19-14-9-7-11-17(21-4-2)13(14)12-18/h5-11,19H,3-4H2,1-2H3. The molecule has 0 unspecified atom stereocenters. The van der Waals surface area contributed by atoms with Gasteiger partial charge in [0, 0.05) is 4.90 Å². The molecule has 0 amide bonds. The number of para-hydroxylation sites is 2. The maximum absolute atomic E-state index is 9.44. The summed E-state index contributed by atoms with van der Waals surface area (Å²) in [6.07, 6.45) is 0. The van der Waals surface area contributed by atoms with Crippen molar-refractivity contribution >= 4 is 23.1 Å². The van der Waals surface area contributed by atoms with Gasteiger partial charge in [-0.1, -0.05) is 25.1 Å². The van der Waals surface area contributed by atoms with E-state index < -0.39 is 0 Å². The molecule has 21 heavy (non-hydrogen) atoms. The molecule has 2 rings (SSSR count). The molecule has 0 fully saturated rings. The van der Waals surface area contributed by atoms with E-state index in [1.54, 1.807) is 11.8 Å². The zero-order chi connectivity index (χ0) is 15.1. The first-order chi connectivity index (χ1) is 10.3. The highest BCUT2D eigenvalue weighted by Crippen LogP contribution is 2.32. The molecular weight excluding hydrogens is 280 g/mol. The van der Waals surface area contributed by atoms with Gasteiger partial charge in [-0.3, -0.25) is 0 Å². The van der Waals surface area contributed by atoms with Crippen LogP contribution >= 0.6 is 11.8 Å². The zero-order valence-corrected chi connectivity index (χ0v) is 13.0. The Bertz CT molecular complexity index is 649. The minimum absolute atomic E-state index is 0.607. The number of hydrogen-bond donors (Lipinski definition) is 1. The second-order valence-corrected chi connectivity index (χ2v) is 5.58. The molecule has 3 nitrogen and oxygen atoms in total. The Hall–Kier alpha value is -2.12. The van der Waals surface area contributed by atoms with Gasteiger partial charge in [-0.15, -0.1) is 11.8 Å². The van der Waals surface area contributed by atoms with E-state index in [1.807, 2.05) is 49.4 Å². The number of anilines is 2. The second kappa shape index (κ2) is 7.61. The average molecular weight is 298 g/mol. The van der Waals surface area contributed by atoms with Gasteiger partial charge in [0.2, 0.25) is 0 Å². The van der Waals surface area contributed by atoms with Gasteiger partial charge in [0.1, 0.15) is 11.8 Å². The second-order valence-electron chi connectivity index (χ2n) is 4.28. The molecule has 2 aromatic carbocycles. The number of nitriles is 1. The van der Waals surface area contributed by atoms with Gasteiger partial charge < -0.3 is 10.1 Å². The monoisotopic (exact) mass is 298 g/mol. The van der Waals surface area contributed by atoms with Crippen LogP contribution in [0.25, 0.3) is 0 Å². The predicted octanol–water partition coefficient (Wildman–Crippen LogP) is 4.81. The van der Waals surface area contributed by atoms with Crippen molar-refractivity contribution in [3.05, 3.63) is 48.0 Å². The third kappa shape index (κ3) is 3.71. The highest BCUT2D eigenvalue weighted by molar-refractivity contribution is 7.99. The van der Waals surface area contributed by atoms with Crippen LogP contribution < -0.4 is 10.1 Å². The largest absolute Gasteiger partial charge is 0.492 e. The van der Waals surface area contributed by atoms with Crippen LogP contribution in [0.4, 0.5) is 11.4 Å². The van der Waals surface area contributed by atoms with Crippen LogP contribution in [-0.2, 0) is 0 Å². The molecule has 0 aliphatic rings. The van der Waals surface area contributed by atoms with Crippen LogP contribution in [0.5, 0.6) is 5.75 Å². The molecule has 0 bridgehead atoms. The summed E-state index contributed by atoms with van der Waals surface area (Å²) in [5, 5.41) is 12.8. The molecule has 0 aromatic heterocycles. The third-order valence-corrected chi connectivity index (χ3v) is 3.83. The fraction of sp³-hybridized carbons (Fsp3) is 0.235. The van der Waals surface area contributed by atoms with Crippen LogP contribution in [0.2, 0.25) is 0 Å². The molecule has 1 N–H and O–H groups in total. The van der Waals surface area contributed by atoms with Crippen LogP contribution in [0.3, 0.4) is 0 Å². The first kappa shape index (κ1) is 15.3. The summed E-state index contributed by atoms with van der Waals surface area (Å²) in [4.78, 5) is 0.999. The summed E-state index contributed by atoms with van der Waals surface area (Å²) in [6, 6.07) is 15.9. The molecule has 0 radical (unpaired) electrons. The fourth-order valence-electron chi connectivity index (χ4n) is 2.02. The SMILES string of the molecule is CCOc1ccccc1Nc1cccc(SCC)c1C#N. The third-order valence-electron chi connectivity index (χ3n) is 2.89. The summed E-state index contributed by atoms with van der Waals surface area (Å²) in [5.74, 6) is 1.73. The van der Waals surface area contributed by atoms with Crippen molar-refractivity contribution in [1.29, 1.82) is 5.26 Å². The van der Waals surface area contributed by atoms with E-state index in [0.717, 1.165) is 27.8 Å². The Kier molecular flexibility index (Phi) is 5.53. The quantitative estimate of drug-likeness (QED) is 0.777. The van der Waals surface area contributed by atoms with Crippen LogP contribution in [0, 0.1) is 11.3 Å². The first-order valence-electron chi connectivity index (χ1n) is 6.94.